The molecule has 9 nitrogen and oxygen atoms in total. The Bertz CT molecular complexity index is 1140. The molecule has 2 fully saturated rings. The van der Waals surface area contributed by atoms with Gasteiger partial charge in [0.1, 0.15) is 4.90 Å². The normalized spacial score (nSPS) is 21.3. The first-order valence-electron chi connectivity index (χ1n) is 11.2. The number of anilines is 1. The fourth-order valence-corrected chi connectivity index (χ4v) is 6.65. The summed E-state index contributed by atoms with van der Waals surface area (Å²) in [5.74, 6) is -2.07. The average Bonchev–Trinajstić information content (AvgIpc) is 3.52. The number of carboxylic acids is 1. The molecule has 3 aliphatic rings. The fourth-order valence-electron chi connectivity index (χ4n) is 4.58. The van der Waals surface area contributed by atoms with Gasteiger partial charge in [-0.25, -0.2) is 27.9 Å². The van der Waals surface area contributed by atoms with Gasteiger partial charge in [-0.1, -0.05) is 6.07 Å². The fraction of sp³-hybridized carbons (Fsp3) is 0.571. The van der Waals surface area contributed by atoms with E-state index in [0.29, 0.717) is 12.5 Å². The number of sulfonamides is 1. The zero-order valence-electron chi connectivity index (χ0n) is 18.8. The summed E-state index contributed by atoms with van der Waals surface area (Å²) in [5, 5.41) is 9.24. The Morgan fingerprint density at radius 2 is 1.86 bits per heavy atom. The minimum Gasteiger partial charge on any atom is -0.475 e. The van der Waals surface area contributed by atoms with E-state index < -0.39 is 22.2 Å². The van der Waals surface area contributed by atoms with Crippen LogP contribution in [0.15, 0.2) is 28.6 Å². The van der Waals surface area contributed by atoms with Gasteiger partial charge in [-0.2, -0.15) is 13.2 Å². The number of rotatable bonds is 3. The molecule has 35 heavy (non-hydrogen) atoms. The summed E-state index contributed by atoms with van der Waals surface area (Å²) >= 11 is 1.79. The van der Waals surface area contributed by atoms with Crippen LogP contribution in [0, 0.1) is 0 Å². The van der Waals surface area contributed by atoms with Crippen molar-refractivity contribution in [2.24, 2.45) is 0 Å². The van der Waals surface area contributed by atoms with Gasteiger partial charge in [-0.3, -0.25) is 4.90 Å². The molecule has 3 aliphatic heterocycles. The highest BCUT2D eigenvalue weighted by Gasteiger charge is 2.46. The highest BCUT2D eigenvalue weighted by molar-refractivity contribution is 7.89. The first kappa shape index (κ1) is 25.8. The Morgan fingerprint density at radius 1 is 1.20 bits per heavy atom. The molecule has 0 aliphatic carbocycles. The zero-order chi connectivity index (χ0) is 25.3. The van der Waals surface area contributed by atoms with Crippen LogP contribution in [0.3, 0.4) is 0 Å². The molecular formula is C21H26F3N5O4S2. The number of aromatic nitrogens is 2. The number of fused-ring (bicyclic) bond motifs is 2. The number of halogens is 3. The number of alkyl halides is 3. The second kappa shape index (κ2) is 9.99. The highest BCUT2D eigenvalue weighted by Crippen LogP contribution is 2.41. The van der Waals surface area contributed by atoms with Crippen molar-refractivity contribution in [1.29, 1.82) is 0 Å². The molecule has 0 unspecified atom stereocenters. The van der Waals surface area contributed by atoms with Crippen molar-refractivity contribution in [2.45, 2.75) is 48.7 Å². The Labute approximate surface area is 205 Å². The van der Waals surface area contributed by atoms with Crippen LogP contribution in [-0.2, 0) is 26.8 Å². The van der Waals surface area contributed by atoms with Crippen molar-refractivity contribution in [3.63, 3.8) is 0 Å². The summed E-state index contributed by atoms with van der Waals surface area (Å²) in [5.41, 5.74) is 0.503. The smallest absolute Gasteiger partial charge is 0.475 e. The van der Waals surface area contributed by atoms with Gasteiger partial charge in [0.2, 0.25) is 16.0 Å². The molecular weight excluding hydrogens is 507 g/mol. The van der Waals surface area contributed by atoms with Crippen molar-refractivity contribution in [3.05, 3.63) is 34.3 Å². The lowest BCUT2D eigenvalue weighted by Crippen LogP contribution is -2.53. The number of hydrogen-bond acceptors (Lipinski definition) is 8. The van der Waals surface area contributed by atoms with Crippen LogP contribution in [0.2, 0.25) is 0 Å². The third-order valence-corrected chi connectivity index (χ3v) is 8.80. The predicted octanol–water partition coefficient (Wildman–Crippen LogP) is 2.60. The summed E-state index contributed by atoms with van der Waals surface area (Å²) in [6, 6.07) is 4.27. The molecule has 0 aromatic carbocycles. The molecule has 14 heteroatoms. The SMILES string of the molecule is O=C(O)C(F)(F)F.O=S1(=O)NCC2(CCN(Cc3cccs3)CC2)c2nc(N3CCCC3)ncc21. The lowest BCUT2D eigenvalue weighted by molar-refractivity contribution is -0.192. The molecule has 2 aromatic heterocycles. The van der Waals surface area contributed by atoms with Crippen LogP contribution < -0.4 is 9.62 Å². The van der Waals surface area contributed by atoms with Crippen molar-refractivity contribution < 1.29 is 31.5 Å². The molecule has 0 bridgehead atoms. The number of carbonyl (C=O) groups is 1. The zero-order valence-corrected chi connectivity index (χ0v) is 20.4. The summed E-state index contributed by atoms with van der Waals surface area (Å²) in [7, 11) is -3.52. The van der Waals surface area contributed by atoms with Crippen molar-refractivity contribution in [2.75, 3.05) is 37.6 Å². The van der Waals surface area contributed by atoms with Crippen molar-refractivity contribution >= 4 is 33.3 Å². The van der Waals surface area contributed by atoms with Gasteiger partial charge in [0, 0.05) is 36.5 Å². The number of piperidine rings is 1. The van der Waals surface area contributed by atoms with Crippen molar-refractivity contribution in [3.8, 4) is 0 Å². The van der Waals surface area contributed by atoms with Gasteiger partial charge in [-0.15, -0.1) is 11.3 Å². The van der Waals surface area contributed by atoms with Crippen LogP contribution in [0.4, 0.5) is 19.1 Å². The molecule has 5 rings (SSSR count). The Hall–Kier alpha value is -2.29. The summed E-state index contributed by atoms with van der Waals surface area (Å²) in [4.78, 5) is 24.4. The molecule has 2 aromatic rings. The van der Waals surface area contributed by atoms with Crippen LogP contribution >= 0.6 is 11.3 Å². The maximum absolute atomic E-state index is 12.6. The van der Waals surface area contributed by atoms with Crippen LogP contribution in [0.1, 0.15) is 36.3 Å². The molecule has 1 spiro atoms. The van der Waals surface area contributed by atoms with E-state index in [-0.39, 0.29) is 10.3 Å². The van der Waals surface area contributed by atoms with Gasteiger partial charge in [0.15, 0.2) is 0 Å². The average molecular weight is 534 g/mol. The number of nitrogens with one attached hydrogen (secondary N) is 1. The number of carboxylic acid groups (broad SMARTS) is 1. The maximum atomic E-state index is 12.6. The first-order valence-corrected chi connectivity index (χ1v) is 13.5. The lowest BCUT2D eigenvalue weighted by atomic mass is 9.75. The minimum atomic E-state index is -5.08. The number of nitrogens with zero attached hydrogens (tertiary/aromatic N) is 4. The number of thiophene rings is 1. The lowest BCUT2D eigenvalue weighted by Gasteiger charge is -2.44. The van der Waals surface area contributed by atoms with E-state index in [1.807, 2.05) is 0 Å². The summed E-state index contributed by atoms with van der Waals surface area (Å²) < 4.78 is 59.7. The largest absolute Gasteiger partial charge is 0.490 e. The molecule has 0 atom stereocenters. The first-order chi connectivity index (χ1) is 16.5. The standard InChI is InChI=1S/C19H25N5O2S2.C2HF3O2/c25-28(26)16-12-20-18(24-7-1-2-8-24)22-17(16)19(14-21-28)5-9-23(10-6-19)13-15-4-3-11-27-15;3-2(4,5)1(6)7/h3-4,11-12,21H,1-2,5-10,13-14H2;(H,6,7). The predicted molar refractivity (Wildman–Crippen MR) is 123 cm³/mol. The second-order valence-electron chi connectivity index (χ2n) is 8.84. The monoisotopic (exact) mass is 533 g/mol. The third-order valence-electron chi connectivity index (χ3n) is 6.54. The molecule has 5 heterocycles. The molecule has 192 valence electrons. The molecule has 0 radical (unpaired) electrons. The maximum Gasteiger partial charge on any atom is 0.490 e. The van der Waals surface area contributed by atoms with E-state index in [1.54, 1.807) is 11.3 Å². The molecule has 2 saturated heterocycles. The minimum absolute atomic E-state index is 0.232. The quantitative estimate of drug-likeness (QED) is 0.619. The van der Waals surface area contributed by atoms with E-state index in [4.69, 9.17) is 14.9 Å². The number of likely N-dealkylation sites (tertiary alicyclic amines) is 1. The topological polar surface area (TPSA) is 116 Å². The van der Waals surface area contributed by atoms with Crippen LogP contribution in [0.5, 0.6) is 0 Å². The van der Waals surface area contributed by atoms with Gasteiger partial charge in [-0.05, 0) is 50.2 Å². The van der Waals surface area contributed by atoms with E-state index in [0.717, 1.165) is 64.1 Å². The summed E-state index contributed by atoms with van der Waals surface area (Å²) in [6.45, 7) is 5.20. The second-order valence-corrected chi connectivity index (χ2v) is 11.6. The van der Waals surface area contributed by atoms with E-state index in [1.165, 1.54) is 11.1 Å². The number of aliphatic carboxylic acids is 1. The Balaban J connectivity index is 0.000000364. The Kier molecular flexibility index (Phi) is 7.36. The molecule has 0 amide bonds. The van der Waals surface area contributed by atoms with Gasteiger partial charge in [0.25, 0.3) is 0 Å². The number of hydrogen-bond donors (Lipinski definition) is 2. The summed E-state index contributed by atoms with van der Waals surface area (Å²) in [6.07, 6.45) is 0.540. The van der Waals surface area contributed by atoms with E-state index >= 15 is 0 Å². The van der Waals surface area contributed by atoms with Crippen molar-refractivity contribution in [1.82, 2.24) is 19.6 Å². The van der Waals surface area contributed by atoms with Gasteiger partial charge >= 0.3 is 12.1 Å². The van der Waals surface area contributed by atoms with E-state index in [9.17, 15) is 21.6 Å². The third kappa shape index (κ3) is 5.76. The highest BCUT2D eigenvalue weighted by atomic mass is 32.2. The molecule has 2 N–H and O–H groups in total. The van der Waals surface area contributed by atoms with Gasteiger partial charge in [0.05, 0.1) is 11.9 Å². The van der Waals surface area contributed by atoms with Crippen LogP contribution in [-0.4, -0.2) is 73.3 Å². The van der Waals surface area contributed by atoms with Crippen LogP contribution in [0.25, 0.3) is 0 Å². The van der Waals surface area contributed by atoms with E-state index in [2.05, 4.69) is 37.0 Å². The molecule has 0 saturated carbocycles. The van der Waals surface area contributed by atoms with Gasteiger partial charge < -0.3 is 10.0 Å². The Morgan fingerprint density at radius 3 is 2.43 bits per heavy atom.